The van der Waals surface area contributed by atoms with Gasteiger partial charge in [-0.15, -0.1) is 0 Å². The molecule has 2 fully saturated rings. The maximum absolute atomic E-state index is 12.6. The number of nitrogens with zero attached hydrogens (tertiary/aromatic N) is 2. The van der Waals surface area contributed by atoms with Crippen molar-refractivity contribution in [1.29, 1.82) is 0 Å². The highest BCUT2D eigenvalue weighted by molar-refractivity contribution is 7.95. The Morgan fingerprint density at radius 3 is 2.12 bits per heavy atom. The summed E-state index contributed by atoms with van der Waals surface area (Å²) in [4.78, 5) is 14.0. The molecule has 24 heavy (non-hydrogen) atoms. The first kappa shape index (κ1) is 19.6. The highest BCUT2D eigenvalue weighted by Gasteiger charge is 2.42. The average molecular weight is 382 g/mol. The third-order valence-electron chi connectivity index (χ3n) is 4.72. The molecular weight excluding hydrogens is 354 g/mol. The molecule has 0 bridgehead atoms. The van der Waals surface area contributed by atoms with Gasteiger partial charge in [0.2, 0.25) is 15.9 Å². The number of sulfone groups is 1. The van der Waals surface area contributed by atoms with Crippen LogP contribution in [0, 0.1) is 5.41 Å². The van der Waals surface area contributed by atoms with Gasteiger partial charge in [-0.25, -0.2) is 16.8 Å². The number of sulfonamides is 1. The third-order valence-corrected chi connectivity index (χ3v) is 9.03. The summed E-state index contributed by atoms with van der Waals surface area (Å²) in [6, 6.07) is -0.638. The SMILES string of the molecule is CC(C)(C)[C@H](N)C(=O)N1CCN(S(=O)(=O)C2CCS(=O)(=O)C2)CC1. The predicted octanol–water partition coefficient (Wildman–Crippen LogP) is -0.979. The summed E-state index contributed by atoms with van der Waals surface area (Å²) in [6.07, 6.45) is 0.151. The van der Waals surface area contributed by atoms with Crippen LogP contribution in [0.5, 0.6) is 0 Å². The zero-order chi connectivity index (χ0) is 18.3. The van der Waals surface area contributed by atoms with Crippen LogP contribution in [-0.2, 0) is 24.7 Å². The molecule has 10 heteroatoms. The Morgan fingerprint density at radius 2 is 1.71 bits per heavy atom. The van der Waals surface area contributed by atoms with E-state index in [1.807, 2.05) is 20.8 Å². The monoisotopic (exact) mass is 381 g/mol. The first-order chi connectivity index (χ1) is 10.8. The summed E-state index contributed by atoms with van der Waals surface area (Å²) in [5.41, 5.74) is 5.62. The van der Waals surface area contributed by atoms with Crippen LogP contribution in [0.25, 0.3) is 0 Å². The molecule has 0 aliphatic carbocycles. The van der Waals surface area contributed by atoms with Crippen LogP contribution in [-0.4, -0.2) is 80.9 Å². The van der Waals surface area contributed by atoms with Crippen molar-refractivity contribution in [3.05, 3.63) is 0 Å². The van der Waals surface area contributed by atoms with Gasteiger partial charge in [0, 0.05) is 26.2 Å². The molecule has 2 N–H and O–H groups in total. The molecule has 0 aromatic heterocycles. The van der Waals surface area contributed by atoms with Crippen LogP contribution in [0.2, 0.25) is 0 Å². The van der Waals surface area contributed by atoms with E-state index in [0.717, 1.165) is 0 Å². The van der Waals surface area contributed by atoms with Crippen molar-refractivity contribution >= 4 is 25.8 Å². The molecule has 2 rings (SSSR count). The van der Waals surface area contributed by atoms with Crippen LogP contribution in [0.3, 0.4) is 0 Å². The van der Waals surface area contributed by atoms with Crippen molar-refractivity contribution < 1.29 is 21.6 Å². The second kappa shape index (κ2) is 6.54. The molecule has 1 unspecified atom stereocenters. The quantitative estimate of drug-likeness (QED) is 0.671. The Hall–Kier alpha value is -0.710. The molecule has 140 valence electrons. The lowest BCUT2D eigenvalue weighted by Gasteiger charge is -2.38. The summed E-state index contributed by atoms with van der Waals surface area (Å²) in [5.74, 6) is -0.554. The molecule has 2 aliphatic heterocycles. The standard InChI is InChI=1S/C14H27N3O5S2/c1-14(2,3)12(15)13(18)16-5-7-17(8-6-16)24(21,22)11-4-9-23(19,20)10-11/h11-12H,4-10,15H2,1-3H3/t11?,12-/m1/s1. The topological polar surface area (TPSA) is 118 Å². The van der Waals surface area contributed by atoms with Crippen LogP contribution in [0.15, 0.2) is 0 Å². The Morgan fingerprint density at radius 1 is 1.17 bits per heavy atom. The second-order valence-corrected chi connectivity index (χ2v) is 12.1. The number of nitrogens with two attached hydrogens (primary N) is 1. The van der Waals surface area contributed by atoms with Crippen LogP contribution in [0.1, 0.15) is 27.2 Å². The van der Waals surface area contributed by atoms with Crippen molar-refractivity contribution in [2.45, 2.75) is 38.5 Å². The molecule has 0 aromatic carbocycles. The predicted molar refractivity (Wildman–Crippen MR) is 91.6 cm³/mol. The maximum atomic E-state index is 12.6. The molecule has 0 saturated carbocycles. The molecule has 2 aliphatic rings. The van der Waals surface area contributed by atoms with E-state index in [9.17, 15) is 21.6 Å². The molecule has 2 heterocycles. The summed E-state index contributed by atoms with van der Waals surface area (Å²) in [6.45, 7) is 6.58. The van der Waals surface area contributed by atoms with Gasteiger partial charge in [-0.2, -0.15) is 4.31 Å². The van der Waals surface area contributed by atoms with Crippen molar-refractivity contribution in [3.8, 4) is 0 Å². The number of carbonyl (C=O) groups is 1. The highest BCUT2D eigenvalue weighted by atomic mass is 32.2. The summed E-state index contributed by atoms with van der Waals surface area (Å²) in [7, 11) is -6.90. The highest BCUT2D eigenvalue weighted by Crippen LogP contribution is 2.24. The van der Waals surface area contributed by atoms with Crippen LogP contribution >= 0.6 is 0 Å². The number of piperazine rings is 1. The fourth-order valence-corrected chi connectivity index (χ4v) is 7.45. The molecule has 1 amide bonds. The Labute approximate surface area is 144 Å². The lowest BCUT2D eigenvalue weighted by atomic mass is 9.86. The van der Waals surface area contributed by atoms with E-state index in [0.29, 0.717) is 0 Å². The fraction of sp³-hybridized carbons (Fsp3) is 0.929. The molecule has 2 saturated heterocycles. The number of amides is 1. The van der Waals surface area contributed by atoms with E-state index in [-0.39, 0.29) is 55.4 Å². The van der Waals surface area contributed by atoms with Gasteiger partial charge in [0.05, 0.1) is 22.8 Å². The third kappa shape index (κ3) is 4.09. The lowest BCUT2D eigenvalue weighted by Crippen LogP contribution is -2.57. The van der Waals surface area contributed by atoms with E-state index in [1.165, 1.54) is 4.31 Å². The van der Waals surface area contributed by atoms with Crippen LogP contribution < -0.4 is 5.73 Å². The summed E-state index contributed by atoms with van der Waals surface area (Å²) in [5, 5.41) is -0.860. The van der Waals surface area contributed by atoms with E-state index < -0.39 is 31.2 Å². The number of carbonyl (C=O) groups excluding carboxylic acids is 1. The van der Waals surface area contributed by atoms with Gasteiger partial charge >= 0.3 is 0 Å². The van der Waals surface area contributed by atoms with Gasteiger partial charge in [-0.05, 0) is 11.8 Å². The molecule has 8 nitrogen and oxygen atoms in total. The number of hydrogen-bond acceptors (Lipinski definition) is 6. The van der Waals surface area contributed by atoms with Crippen molar-refractivity contribution in [3.63, 3.8) is 0 Å². The smallest absolute Gasteiger partial charge is 0.240 e. The van der Waals surface area contributed by atoms with Gasteiger partial charge in [0.25, 0.3) is 0 Å². The minimum Gasteiger partial charge on any atom is -0.339 e. The van der Waals surface area contributed by atoms with Gasteiger partial charge in [-0.3, -0.25) is 4.79 Å². The zero-order valence-electron chi connectivity index (χ0n) is 14.4. The minimum absolute atomic E-state index is 0.0736. The molecule has 0 spiro atoms. The zero-order valence-corrected chi connectivity index (χ0v) is 16.1. The Bertz CT molecular complexity index is 688. The second-order valence-electron chi connectivity index (χ2n) is 7.64. The summed E-state index contributed by atoms with van der Waals surface area (Å²) < 4.78 is 49.5. The maximum Gasteiger partial charge on any atom is 0.240 e. The molecule has 2 atom stereocenters. The Balaban J connectivity index is 1.99. The largest absolute Gasteiger partial charge is 0.339 e. The summed E-state index contributed by atoms with van der Waals surface area (Å²) >= 11 is 0. The Kier molecular flexibility index (Phi) is 5.35. The number of hydrogen-bond donors (Lipinski definition) is 1. The van der Waals surface area contributed by atoms with Gasteiger partial charge in [0.15, 0.2) is 9.84 Å². The van der Waals surface area contributed by atoms with Gasteiger partial charge in [0.1, 0.15) is 0 Å². The van der Waals surface area contributed by atoms with E-state index >= 15 is 0 Å². The van der Waals surface area contributed by atoms with Gasteiger partial charge < -0.3 is 10.6 Å². The van der Waals surface area contributed by atoms with Crippen LogP contribution in [0.4, 0.5) is 0 Å². The van der Waals surface area contributed by atoms with Crippen molar-refractivity contribution in [2.24, 2.45) is 11.1 Å². The molecule has 0 radical (unpaired) electrons. The van der Waals surface area contributed by atoms with E-state index in [2.05, 4.69) is 0 Å². The minimum atomic E-state index is -3.65. The first-order valence-corrected chi connectivity index (χ1v) is 11.4. The fourth-order valence-electron chi connectivity index (χ4n) is 2.94. The average Bonchev–Trinajstić information content (AvgIpc) is 2.86. The normalized spacial score (nSPS) is 27.2. The molecular formula is C14H27N3O5S2. The lowest BCUT2D eigenvalue weighted by molar-refractivity contribution is -0.136. The van der Waals surface area contributed by atoms with Crippen molar-refractivity contribution in [1.82, 2.24) is 9.21 Å². The van der Waals surface area contributed by atoms with Crippen molar-refractivity contribution in [2.75, 3.05) is 37.7 Å². The van der Waals surface area contributed by atoms with Gasteiger partial charge in [-0.1, -0.05) is 20.8 Å². The van der Waals surface area contributed by atoms with E-state index in [1.54, 1.807) is 4.90 Å². The molecule has 0 aromatic rings. The number of rotatable bonds is 3. The first-order valence-electron chi connectivity index (χ1n) is 8.08. The van der Waals surface area contributed by atoms with E-state index in [4.69, 9.17) is 5.73 Å².